The number of pyridine rings is 1. The fourth-order valence-electron chi connectivity index (χ4n) is 3.01. The number of rotatable bonds is 1. The second kappa shape index (κ2) is 7.41. The molecule has 5 heteroatoms. The first-order valence-corrected chi connectivity index (χ1v) is 6.96. The summed E-state index contributed by atoms with van der Waals surface area (Å²) in [7, 11) is 0. The topological polar surface area (TPSA) is 36.4 Å². The van der Waals surface area contributed by atoms with Gasteiger partial charge in [-0.05, 0) is 37.5 Å². The molecule has 1 unspecified atom stereocenters. The molecular formula is C16H22Cl2N2O. The number of halogens is 2. The van der Waals surface area contributed by atoms with Gasteiger partial charge in [0.1, 0.15) is 6.23 Å². The normalized spacial score (nSPS) is 16.3. The lowest BCUT2D eigenvalue weighted by molar-refractivity contribution is 0.0219. The Kier molecular flexibility index (Phi) is 6.41. The van der Waals surface area contributed by atoms with Crippen molar-refractivity contribution in [3.05, 3.63) is 41.1 Å². The van der Waals surface area contributed by atoms with Gasteiger partial charge < -0.3 is 5.11 Å². The second-order valence-corrected chi connectivity index (χ2v) is 5.35. The Morgan fingerprint density at radius 3 is 2.52 bits per heavy atom. The molecule has 0 saturated carbocycles. The van der Waals surface area contributed by atoms with E-state index in [9.17, 15) is 5.11 Å². The van der Waals surface area contributed by atoms with Gasteiger partial charge in [0.2, 0.25) is 0 Å². The summed E-state index contributed by atoms with van der Waals surface area (Å²) in [5, 5.41) is 11.0. The van der Waals surface area contributed by atoms with Crippen LogP contribution in [0.15, 0.2) is 24.3 Å². The molecule has 1 atom stereocenters. The van der Waals surface area contributed by atoms with E-state index in [1.165, 1.54) is 22.2 Å². The number of hydrogen-bond donors (Lipinski definition) is 1. The molecule has 2 heterocycles. The van der Waals surface area contributed by atoms with E-state index in [0.717, 1.165) is 31.4 Å². The van der Waals surface area contributed by atoms with Crippen LogP contribution in [0.2, 0.25) is 0 Å². The fraction of sp³-hybridized carbons (Fsp3) is 0.438. The van der Waals surface area contributed by atoms with E-state index in [-0.39, 0.29) is 31.0 Å². The minimum Gasteiger partial charge on any atom is -0.379 e. The number of nitrogens with zero attached hydrogens (tertiary/aromatic N) is 2. The molecule has 0 spiro atoms. The molecule has 3 nitrogen and oxygen atoms in total. The molecule has 1 aliphatic rings. The highest BCUT2D eigenvalue weighted by Crippen LogP contribution is 2.25. The lowest BCUT2D eigenvalue weighted by atomic mass is 9.99. The summed E-state index contributed by atoms with van der Waals surface area (Å²) in [5.41, 5.74) is 5.03. The molecule has 0 radical (unpaired) electrons. The van der Waals surface area contributed by atoms with Gasteiger partial charge in [-0.15, -0.1) is 24.8 Å². The SMILES string of the molecule is Cc1c2c(nc3ccccc13)CCN(C(C)O)CC2.Cl.Cl. The number of hydrogen-bond acceptors (Lipinski definition) is 3. The first-order valence-electron chi connectivity index (χ1n) is 6.96. The third-order valence-corrected chi connectivity index (χ3v) is 4.18. The Balaban J connectivity index is 0.00000110. The summed E-state index contributed by atoms with van der Waals surface area (Å²) in [5.74, 6) is 0. The molecule has 2 aromatic rings. The number of aliphatic hydroxyl groups is 1. The van der Waals surface area contributed by atoms with Crippen LogP contribution in [-0.2, 0) is 12.8 Å². The van der Waals surface area contributed by atoms with Crippen molar-refractivity contribution in [2.45, 2.75) is 32.9 Å². The van der Waals surface area contributed by atoms with Crippen LogP contribution in [0, 0.1) is 6.92 Å². The van der Waals surface area contributed by atoms with Crippen molar-refractivity contribution in [1.82, 2.24) is 9.88 Å². The van der Waals surface area contributed by atoms with E-state index in [1.54, 1.807) is 0 Å². The summed E-state index contributed by atoms with van der Waals surface area (Å²) in [6, 6.07) is 8.34. The minimum absolute atomic E-state index is 0. The van der Waals surface area contributed by atoms with E-state index < -0.39 is 0 Å². The highest BCUT2D eigenvalue weighted by molar-refractivity contribution is 5.85. The standard InChI is InChI=1S/C16H20N2O.2ClH/c1-11-13-5-3-4-6-15(13)17-16-8-10-18(12(2)19)9-7-14(11)16;;/h3-6,12,19H,7-10H2,1-2H3;2*1H. The lowest BCUT2D eigenvalue weighted by Crippen LogP contribution is -2.34. The van der Waals surface area contributed by atoms with Gasteiger partial charge >= 0.3 is 0 Å². The summed E-state index contributed by atoms with van der Waals surface area (Å²) >= 11 is 0. The molecule has 3 rings (SSSR count). The smallest absolute Gasteiger partial charge is 0.104 e. The number of para-hydroxylation sites is 1. The molecule has 0 amide bonds. The predicted octanol–water partition coefficient (Wildman–Crippen LogP) is 3.13. The van der Waals surface area contributed by atoms with Gasteiger partial charge in [-0.2, -0.15) is 0 Å². The van der Waals surface area contributed by atoms with Crippen LogP contribution < -0.4 is 0 Å². The van der Waals surface area contributed by atoms with Crippen molar-refractivity contribution < 1.29 is 5.11 Å². The maximum Gasteiger partial charge on any atom is 0.104 e. The van der Waals surface area contributed by atoms with Crippen molar-refractivity contribution in [1.29, 1.82) is 0 Å². The van der Waals surface area contributed by atoms with Crippen molar-refractivity contribution in [2.24, 2.45) is 0 Å². The summed E-state index contributed by atoms with van der Waals surface area (Å²) in [6.07, 6.45) is 1.53. The number of aromatic nitrogens is 1. The largest absolute Gasteiger partial charge is 0.379 e. The molecule has 1 N–H and O–H groups in total. The monoisotopic (exact) mass is 328 g/mol. The minimum atomic E-state index is -0.371. The van der Waals surface area contributed by atoms with E-state index in [1.807, 2.05) is 13.0 Å². The van der Waals surface area contributed by atoms with Crippen LogP contribution in [-0.4, -0.2) is 34.3 Å². The van der Waals surface area contributed by atoms with Crippen LogP contribution in [0.25, 0.3) is 10.9 Å². The molecule has 0 bridgehead atoms. The van der Waals surface area contributed by atoms with Crippen LogP contribution in [0.4, 0.5) is 0 Å². The number of aliphatic hydroxyl groups excluding tert-OH is 1. The number of aryl methyl sites for hydroxylation is 1. The van der Waals surface area contributed by atoms with Gasteiger partial charge in [0.05, 0.1) is 5.52 Å². The molecule has 1 aromatic heterocycles. The predicted molar refractivity (Wildman–Crippen MR) is 91.6 cm³/mol. The number of benzene rings is 1. The van der Waals surface area contributed by atoms with Gasteiger partial charge in [0, 0.05) is 30.6 Å². The average Bonchev–Trinajstić information content (AvgIpc) is 2.62. The molecule has 1 aliphatic heterocycles. The fourth-order valence-corrected chi connectivity index (χ4v) is 3.01. The van der Waals surface area contributed by atoms with Crippen molar-refractivity contribution in [3.8, 4) is 0 Å². The average molecular weight is 329 g/mol. The molecular weight excluding hydrogens is 307 g/mol. The molecule has 21 heavy (non-hydrogen) atoms. The van der Waals surface area contributed by atoms with E-state index in [4.69, 9.17) is 4.98 Å². The van der Waals surface area contributed by atoms with Gasteiger partial charge in [0.25, 0.3) is 0 Å². The maximum atomic E-state index is 9.75. The molecule has 0 aliphatic carbocycles. The summed E-state index contributed by atoms with van der Waals surface area (Å²) in [4.78, 5) is 6.94. The van der Waals surface area contributed by atoms with Crippen molar-refractivity contribution in [2.75, 3.05) is 13.1 Å². The first-order chi connectivity index (χ1) is 9.16. The molecule has 1 aromatic carbocycles. The van der Waals surface area contributed by atoms with E-state index >= 15 is 0 Å². The Bertz CT molecular complexity index is 616. The van der Waals surface area contributed by atoms with Crippen LogP contribution in [0.5, 0.6) is 0 Å². The van der Waals surface area contributed by atoms with E-state index in [2.05, 4.69) is 30.0 Å². The summed E-state index contributed by atoms with van der Waals surface area (Å²) in [6.45, 7) is 5.83. The van der Waals surface area contributed by atoms with Gasteiger partial charge in [0.15, 0.2) is 0 Å². The third kappa shape index (κ3) is 3.49. The summed E-state index contributed by atoms with van der Waals surface area (Å²) < 4.78 is 0. The van der Waals surface area contributed by atoms with E-state index in [0.29, 0.717) is 0 Å². The highest BCUT2D eigenvalue weighted by Gasteiger charge is 2.20. The van der Waals surface area contributed by atoms with Crippen LogP contribution in [0.1, 0.15) is 23.7 Å². The quantitative estimate of drug-likeness (QED) is 0.873. The Morgan fingerprint density at radius 1 is 1.14 bits per heavy atom. The van der Waals surface area contributed by atoms with Gasteiger partial charge in [-0.1, -0.05) is 18.2 Å². The molecule has 0 fully saturated rings. The Morgan fingerprint density at radius 2 is 1.81 bits per heavy atom. The Labute approximate surface area is 138 Å². The first kappa shape index (κ1) is 18.2. The van der Waals surface area contributed by atoms with Gasteiger partial charge in [-0.25, -0.2) is 0 Å². The van der Waals surface area contributed by atoms with Crippen molar-refractivity contribution in [3.63, 3.8) is 0 Å². The number of fused-ring (bicyclic) bond motifs is 2. The van der Waals surface area contributed by atoms with Crippen LogP contribution in [0.3, 0.4) is 0 Å². The zero-order chi connectivity index (χ0) is 13.4. The second-order valence-electron chi connectivity index (χ2n) is 5.35. The van der Waals surface area contributed by atoms with Crippen molar-refractivity contribution >= 4 is 35.7 Å². The molecule has 116 valence electrons. The lowest BCUT2D eigenvalue weighted by Gasteiger charge is -2.22. The zero-order valence-electron chi connectivity index (χ0n) is 12.4. The molecule has 0 saturated heterocycles. The third-order valence-electron chi connectivity index (χ3n) is 4.18. The highest BCUT2D eigenvalue weighted by atomic mass is 35.5. The Hall–Kier alpha value is -0.870. The zero-order valence-corrected chi connectivity index (χ0v) is 14.0. The maximum absolute atomic E-state index is 9.75. The van der Waals surface area contributed by atoms with Gasteiger partial charge in [-0.3, -0.25) is 9.88 Å². The van der Waals surface area contributed by atoms with Crippen LogP contribution >= 0.6 is 24.8 Å².